The Labute approximate surface area is 122 Å². The van der Waals surface area contributed by atoms with E-state index in [1.54, 1.807) is 6.07 Å². The van der Waals surface area contributed by atoms with E-state index in [4.69, 9.17) is 0 Å². The Kier molecular flexibility index (Phi) is 5.79. The number of benzene rings is 1. The maximum Gasteiger partial charge on any atom is 0.137 e. The summed E-state index contributed by atoms with van der Waals surface area (Å²) in [5, 5.41) is 12.8. The number of rotatable bonds is 5. The second-order valence-corrected chi connectivity index (χ2v) is 6.12. The highest BCUT2D eigenvalue weighted by molar-refractivity contribution is 9.10. The molecule has 0 bridgehead atoms. The summed E-state index contributed by atoms with van der Waals surface area (Å²) in [5.74, 6) is 0.758. The van der Waals surface area contributed by atoms with Gasteiger partial charge in [0.1, 0.15) is 5.82 Å². The number of hydrogen-bond acceptors (Lipinski definition) is 2. The highest BCUT2D eigenvalue weighted by Gasteiger charge is 2.23. The molecule has 0 saturated heterocycles. The first-order valence-electron chi connectivity index (χ1n) is 6.97. The lowest BCUT2D eigenvalue weighted by atomic mass is 9.79. The maximum absolute atomic E-state index is 13.4. The predicted molar refractivity (Wildman–Crippen MR) is 78.3 cm³/mol. The van der Waals surface area contributed by atoms with Gasteiger partial charge in [0, 0.05) is 13.2 Å². The van der Waals surface area contributed by atoms with E-state index < -0.39 is 0 Å². The van der Waals surface area contributed by atoms with Gasteiger partial charge < -0.3 is 10.4 Å². The second kappa shape index (κ2) is 7.36. The quantitative estimate of drug-likeness (QED) is 0.866. The molecule has 2 atom stereocenters. The molecule has 1 aromatic carbocycles. The molecular formula is C15H21BrFNO. The fourth-order valence-electron chi connectivity index (χ4n) is 2.87. The SMILES string of the molecule is OCC1CCCCC1CNCc1cccc(F)c1Br. The van der Waals surface area contributed by atoms with Crippen LogP contribution < -0.4 is 5.32 Å². The molecule has 2 N–H and O–H groups in total. The van der Waals surface area contributed by atoms with E-state index in [9.17, 15) is 9.50 Å². The molecule has 0 amide bonds. The number of aliphatic hydroxyl groups excluding tert-OH is 1. The second-order valence-electron chi connectivity index (χ2n) is 5.33. The molecule has 1 fully saturated rings. The van der Waals surface area contributed by atoms with Crippen molar-refractivity contribution in [2.45, 2.75) is 32.2 Å². The summed E-state index contributed by atoms with van der Waals surface area (Å²) in [5.41, 5.74) is 0.941. The van der Waals surface area contributed by atoms with Gasteiger partial charge >= 0.3 is 0 Å². The minimum absolute atomic E-state index is 0.217. The average molecular weight is 330 g/mol. The van der Waals surface area contributed by atoms with E-state index in [-0.39, 0.29) is 12.4 Å². The van der Waals surface area contributed by atoms with Crippen molar-refractivity contribution < 1.29 is 9.50 Å². The summed E-state index contributed by atoms with van der Waals surface area (Å²) in [7, 11) is 0. The molecule has 2 nitrogen and oxygen atoms in total. The van der Waals surface area contributed by atoms with Gasteiger partial charge in [-0.15, -0.1) is 0 Å². The molecule has 0 aromatic heterocycles. The van der Waals surface area contributed by atoms with Crippen LogP contribution in [0.1, 0.15) is 31.2 Å². The molecule has 0 radical (unpaired) electrons. The highest BCUT2D eigenvalue weighted by Crippen LogP contribution is 2.29. The zero-order chi connectivity index (χ0) is 13.7. The van der Waals surface area contributed by atoms with Crippen molar-refractivity contribution in [3.63, 3.8) is 0 Å². The van der Waals surface area contributed by atoms with Crippen LogP contribution in [-0.2, 0) is 6.54 Å². The summed E-state index contributed by atoms with van der Waals surface area (Å²) >= 11 is 3.28. The Morgan fingerprint density at radius 2 is 2.00 bits per heavy atom. The number of aliphatic hydroxyl groups is 1. The van der Waals surface area contributed by atoms with Gasteiger partial charge in [0.25, 0.3) is 0 Å². The van der Waals surface area contributed by atoms with Gasteiger partial charge in [-0.1, -0.05) is 25.0 Å². The molecule has 1 aliphatic carbocycles. The van der Waals surface area contributed by atoms with Gasteiger partial charge in [0.15, 0.2) is 0 Å². The lowest BCUT2D eigenvalue weighted by molar-refractivity contribution is 0.133. The average Bonchev–Trinajstić information content (AvgIpc) is 2.44. The molecule has 4 heteroatoms. The highest BCUT2D eigenvalue weighted by atomic mass is 79.9. The van der Waals surface area contributed by atoms with E-state index in [1.807, 2.05) is 6.07 Å². The fourth-order valence-corrected chi connectivity index (χ4v) is 3.28. The standard InChI is InChI=1S/C15H21BrFNO/c16-15-12(6-3-7-14(15)17)9-18-8-11-4-1-2-5-13(11)10-19/h3,6-7,11,13,18-19H,1-2,4-5,8-10H2. The fraction of sp³-hybridized carbons (Fsp3) is 0.600. The van der Waals surface area contributed by atoms with Crippen molar-refractivity contribution in [2.24, 2.45) is 11.8 Å². The van der Waals surface area contributed by atoms with Crippen LogP contribution in [0.3, 0.4) is 0 Å². The normalized spacial score (nSPS) is 23.5. The van der Waals surface area contributed by atoms with Gasteiger partial charge in [-0.05, 0) is 58.8 Å². The third-order valence-electron chi connectivity index (χ3n) is 4.05. The summed E-state index contributed by atoms with van der Waals surface area (Å²) < 4.78 is 13.9. The van der Waals surface area contributed by atoms with Crippen molar-refractivity contribution in [2.75, 3.05) is 13.2 Å². The maximum atomic E-state index is 13.4. The topological polar surface area (TPSA) is 32.3 Å². The summed E-state index contributed by atoms with van der Waals surface area (Å²) in [6.45, 7) is 1.84. The Bertz CT molecular complexity index is 413. The lowest BCUT2D eigenvalue weighted by Crippen LogP contribution is -2.32. The van der Waals surface area contributed by atoms with E-state index in [2.05, 4.69) is 21.2 Å². The van der Waals surface area contributed by atoms with Crippen molar-refractivity contribution in [3.8, 4) is 0 Å². The van der Waals surface area contributed by atoms with Crippen LogP contribution in [0.25, 0.3) is 0 Å². The molecule has 0 spiro atoms. The molecule has 19 heavy (non-hydrogen) atoms. The third-order valence-corrected chi connectivity index (χ3v) is 4.94. The molecule has 1 aliphatic rings. The van der Waals surface area contributed by atoms with Crippen LogP contribution in [0.5, 0.6) is 0 Å². The minimum atomic E-state index is -0.217. The number of hydrogen-bond donors (Lipinski definition) is 2. The van der Waals surface area contributed by atoms with Crippen molar-refractivity contribution in [1.29, 1.82) is 0 Å². The van der Waals surface area contributed by atoms with Crippen molar-refractivity contribution >= 4 is 15.9 Å². The zero-order valence-corrected chi connectivity index (χ0v) is 12.6. The first-order chi connectivity index (χ1) is 9.22. The smallest absolute Gasteiger partial charge is 0.137 e. The van der Waals surface area contributed by atoms with Crippen LogP contribution in [0, 0.1) is 17.7 Å². The molecule has 106 valence electrons. The van der Waals surface area contributed by atoms with Gasteiger partial charge in [0.05, 0.1) is 4.47 Å². The van der Waals surface area contributed by atoms with E-state index in [1.165, 1.54) is 25.3 Å². The number of halogens is 2. The molecule has 0 heterocycles. The summed E-state index contributed by atoms with van der Waals surface area (Å²) in [6, 6.07) is 5.11. The largest absolute Gasteiger partial charge is 0.396 e. The minimum Gasteiger partial charge on any atom is -0.396 e. The van der Waals surface area contributed by atoms with Gasteiger partial charge in [0.2, 0.25) is 0 Å². The van der Waals surface area contributed by atoms with Gasteiger partial charge in [-0.25, -0.2) is 4.39 Å². The van der Waals surface area contributed by atoms with Gasteiger partial charge in [-0.2, -0.15) is 0 Å². The Hall–Kier alpha value is -0.450. The Morgan fingerprint density at radius 1 is 1.26 bits per heavy atom. The Balaban J connectivity index is 1.84. The molecule has 1 aromatic rings. The van der Waals surface area contributed by atoms with Crippen molar-refractivity contribution in [3.05, 3.63) is 34.1 Å². The molecular weight excluding hydrogens is 309 g/mol. The van der Waals surface area contributed by atoms with E-state index in [0.717, 1.165) is 18.5 Å². The molecule has 0 aliphatic heterocycles. The van der Waals surface area contributed by atoms with E-state index in [0.29, 0.717) is 22.9 Å². The van der Waals surface area contributed by atoms with Crippen LogP contribution in [0.2, 0.25) is 0 Å². The molecule has 1 saturated carbocycles. The summed E-state index contributed by atoms with van der Waals surface area (Å²) in [6.07, 6.45) is 4.80. The van der Waals surface area contributed by atoms with Gasteiger partial charge in [-0.3, -0.25) is 0 Å². The third kappa shape index (κ3) is 4.01. The Morgan fingerprint density at radius 3 is 2.74 bits per heavy atom. The molecule has 2 rings (SSSR count). The van der Waals surface area contributed by atoms with Crippen LogP contribution in [-0.4, -0.2) is 18.3 Å². The first-order valence-corrected chi connectivity index (χ1v) is 7.76. The zero-order valence-electron chi connectivity index (χ0n) is 11.0. The van der Waals surface area contributed by atoms with Crippen molar-refractivity contribution in [1.82, 2.24) is 5.32 Å². The molecule has 2 unspecified atom stereocenters. The number of nitrogens with one attached hydrogen (secondary N) is 1. The van der Waals surface area contributed by atoms with Crippen LogP contribution in [0.15, 0.2) is 22.7 Å². The predicted octanol–water partition coefficient (Wildman–Crippen LogP) is 3.48. The monoisotopic (exact) mass is 329 g/mol. The lowest BCUT2D eigenvalue weighted by Gasteiger charge is -2.30. The summed E-state index contributed by atoms with van der Waals surface area (Å²) in [4.78, 5) is 0. The van der Waals surface area contributed by atoms with Crippen LogP contribution in [0.4, 0.5) is 4.39 Å². The van der Waals surface area contributed by atoms with E-state index >= 15 is 0 Å². The van der Waals surface area contributed by atoms with Crippen LogP contribution >= 0.6 is 15.9 Å². The first kappa shape index (κ1) is 14.9.